The van der Waals surface area contributed by atoms with Gasteiger partial charge in [0.2, 0.25) is 5.91 Å². The predicted molar refractivity (Wildman–Crippen MR) is 131 cm³/mol. The molecule has 4 heterocycles. The Labute approximate surface area is 199 Å². The van der Waals surface area contributed by atoms with Crippen LogP contribution in [0.5, 0.6) is 0 Å². The minimum atomic E-state index is -0.389. The summed E-state index contributed by atoms with van der Waals surface area (Å²) < 4.78 is 6.84. The molecule has 0 atom stereocenters. The molecule has 0 spiro atoms. The van der Waals surface area contributed by atoms with Crippen molar-refractivity contribution in [2.45, 2.75) is 39.8 Å². The first-order valence-corrected chi connectivity index (χ1v) is 12.3. The number of hydrogen-bond acceptors (Lipinski definition) is 7. The van der Waals surface area contributed by atoms with Gasteiger partial charge in [0.05, 0.1) is 17.4 Å². The van der Waals surface area contributed by atoms with E-state index in [9.17, 15) is 14.4 Å². The molecular weight excluding hydrogens is 454 g/mol. The van der Waals surface area contributed by atoms with E-state index >= 15 is 0 Å². The Hall–Kier alpha value is -3.24. The van der Waals surface area contributed by atoms with Crippen molar-refractivity contribution in [3.63, 3.8) is 0 Å². The van der Waals surface area contributed by atoms with Crippen LogP contribution in [-0.4, -0.2) is 56.4 Å². The zero-order chi connectivity index (χ0) is 23.8. The maximum absolute atomic E-state index is 12.7. The lowest BCUT2D eigenvalue weighted by molar-refractivity contribution is -0.133. The fourth-order valence-corrected chi connectivity index (χ4v) is 5.56. The Balaban J connectivity index is 1.13. The van der Waals surface area contributed by atoms with E-state index in [0.717, 1.165) is 33.9 Å². The van der Waals surface area contributed by atoms with Crippen molar-refractivity contribution >= 4 is 38.6 Å². The highest BCUT2D eigenvalue weighted by atomic mass is 32.1. The van der Waals surface area contributed by atoms with Gasteiger partial charge in [-0.1, -0.05) is 12.1 Å². The largest absolute Gasteiger partial charge is 0.419 e. The van der Waals surface area contributed by atoms with Crippen molar-refractivity contribution in [2.75, 3.05) is 26.2 Å². The molecule has 1 aromatic carbocycles. The smallest absolute Gasteiger partial charge is 0.408 e. The highest BCUT2D eigenvalue weighted by Crippen LogP contribution is 2.25. The van der Waals surface area contributed by atoms with Crippen LogP contribution in [0.2, 0.25) is 0 Å². The molecule has 0 bridgehead atoms. The number of amides is 1. The molecule has 1 N–H and O–H groups in total. The standard InChI is InChI=1S/C24H27N5O4S/c1-15-16(2)34-23-21(15)22(31)25-19(26-23)14-27-10-12-28(13-11-27)20(30)8-5-9-29-17-6-3-4-7-18(17)33-24(29)32/h3-4,6-7H,5,8-14H2,1-2H3,(H,25,26,31). The molecular formula is C24H27N5O4S. The van der Waals surface area contributed by atoms with Crippen LogP contribution in [0.25, 0.3) is 21.3 Å². The molecule has 1 aliphatic heterocycles. The van der Waals surface area contributed by atoms with Gasteiger partial charge >= 0.3 is 5.76 Å². The highest BCUT2D eigenvalue weighted by molar-refractivity contribution is 7.18. The Morgan fingerprint density at radius 2 is 1.91 bits per heavy atom. The molecule has 1 fully saturated rings. The van der Waals surface area contributed by atoms with E-state index in [1.807, 2.05) is 36.9 Å². The number of rotatable bonds is 6. The van der Waals surface area contributed by atoms with Crippen molar-refractivity contribution in [3.05, 3.63) is 61.4 Å². The van der Waals surface area contributed by atoms with Gasteiger partial charge < -0.3 is 14.3 Å². The third kappa shape index (κ3) is 4.30. The van der Waals surface area contributed by atoms with Gasteiger partial charge in [0, 0.05) is 44.0 Å². The first-order chi connectivity index (χ1) is 16.4. The maximum Gasteiger partial charge on any atom is 0.419 e. The number of hydrogen-bond donors (Lipinski definition) is 1. The molecule has 4 aromatic rings. The normalized spacial score (nSPS) is 14.9. The van der Waals surface area contributed by atoms with Crippen LogP contribution < -0.4 is 11.3 Å². The molecule has 34 heavy (non-hydrogen) atoms. The first-order valence-electron chi connectivity index (χ1n) is 11.5. The summed E-state index contributed by atoms with van der Waals surface area (Å²) in [5.41, 5.74) is 2.24. The van der Waals surface area contributed by atoms with E-state index in [1.165, 1.54) is 0 Å². The Bertz CT molecular complexity index is 1470. The van der Waals surface area contributed by atoms with Gasteiger partial charge in [-0.05, 0) is 38.0 Å². The third-order valence-corrected chi connectivity index (χ3v) is 7.63. The number of nitrogens with one attached hydrogen (secondary N) is 1. The summed E-state index contributed by atoms with van der Waals surface area (Å²) in [7, 11) is 0. The van der Waals surface area contributed by atoms with Gasteiger partial charge in [-0.15, -0.1) is 11.3 Å². The minimum Gasteiger partial charge on any atom is -0.408 e. The van der Waals surface area contributed by atoms with Crippen LogP contribution in [0.3, 0.4) is 0 Å². The van der Waals surface area contributed by atoms with Crippen LogP contribution >= 0.6 is 11.3 Å². The number of nitrogens with zero attached hydrogens (tertiary/aromatic N) is 4. The summed E-state index contributed by atoms with van der Waals surface area (Å²) in [6.07, 6.45) is 0.960. The monoisotopic (exact) mass is 481 g/mol. The third-order valence-electron chi connectivity index (χ3n) is 6.53. The number of aryl methyl sites for hydroxylation is 3. The van der Waals surface area contributed by atoms with E-state index in [4.69, 9.17) is 4.42 Å². The average molecular weight is 482 g/mol. The van der Waals surface area contributed by atoms with Crippen LogP contribution in [0.1, 0.15) is 29.1 Å². The fraction of sp³-hybridized carbons (Fsp3) is 0.417. The summed E-state index contributed by atoms with van der Waals surface area (Å²) in [4.78, 5) is 50.9. The number of carbonyl (C=O) groups is 1. The van der Waals surface area contributed by atoms with Crippen LogP contribution in [0.15, 0.2) is 38.3 Å². The van der Waals surface area contributed by atoms with E-state index in [2.05, 4.69) is 14.9 Å². The number of piperazine rings is 1. The Morgan fingerprint density at radius 3 is 2.71 bits per heavy atom. The lowest BCUT2D eigenvalue weighted by Gasteiger charge is -2.34. The second-order valence-corrected chi connectivity index (χ2v) is 9.93. The van der Waals surface area contributed by atoms with Crippen molar-refractivity contribution < 1.29 is 9.21 Å². The van der Waals surface area contributed by atoms with Gasteiger partial charge in [-0.2, -0.15) is 0 Å². The van der Waals surface area contributed by atoms with Gasteiger partial charge in [0.1, 0.15) is 10.7 Å². The highest BCUT2D eigenvalue weighted by Gasteiger charge is 2.22. The molecule has 0 saturated carbocycles. The number of thiophene rings is 1. The van der Waals surface area contributed by atoms with E-state index < -0.39 is 0 Å². The number of para-hydroxylation sites is 2. The zero-order valence-corrected chi connectivity index (χ0v) is 20.1. The number of aromatic amines is 1. The van der Waals surface area contributed by atoms with Crippen LogP contribution in [0, 0.1) is 13.8 Å². The number of aromatic nitrogens is 3. The van der Waals surface area contributed by atoms with Crippen LogP contribution in [0.4, 0.5) is 0 Å². The molecule has 9 nitrogen and oxygen atoms in total. The average Bonchev–Trinajstić information content (AvgIpc) is 3.29. The Morgan fingerprint density at radius 1 is 1.15 bits per heavy atom. The van der Waals surface area contributed by atoms with Gasteiger partial charge in [-0.3, -0.25) is 19.1 Å². The number of carbonyl (C=O) groups excluding carboxylic acids is 1. The molecule has 5 rings (SSSR count). The van der Waals surface area contributed by atoms with Gasteiger partial charge in [0.25, 0.3) is 5.56 Å². The maximum atomic E-state index is 12.7. The lowest BCUT2D eigenvalue weighted by Crippen LogP contribution is -2.48. The summed E-state index contributed by atoms with van der Waals surface area (Å²) in [5.74, 6) is 0.370. The number of oxazole rings is 1. The predicted octanol–water partition coefficient (Wildman–Crippen LogP) is 2.63. The fourth-order valence-electron chi connectivity index (χ4n) is 4.51. The van der Waals surface area contributed by atoms with E-state index in [1.54, 1.807) is 22.0 Å². The zero-order valence-electron chi connectivity index (χ0n) is 19.3. The second kappa shape index (κ2) is 9.19. The van der Waals surface area contributed by atoms with Gasteiger partial charge in [-0.25, -0.2) is 9.78 Å². The molecule has 10 heteroatoms. The summed E-state index contributed by atoms with van der Waals surface area (Å²) in [5, 5.41) is 0.687. The first kappa shape index (κ1) is 22.5. The molecule has 0 radical (unpaired) electrons. The van der Waals surface area contributed by atoms with Crippen molar-refractivity contribution in [3.8, 4) is 0 Å². The van der Waals surface area contributed by atoms with Crippen molar-refractivity contribution in [1.82, 2.24) is 24.3 Å². The topological polar surface area (TPSA) is 104 Å². The van der Waals surface area contributed by atoms with Crippen LogP contribution in [-0.2, 0) is 17.9 Å². The number of fused-ring (bicyclic) bond motifs is 2. The summed E-state index contributed by atoms with van der Waals surface area (Å²) >= 11 is 1.55. The quantitative estimate of drug-likeness (QED) is 0.454. The molecule has 1 aliphatic rings. The lowest BCUT2D eigenvalue weighted by atomic mass is 10.2. The molecule has 0 aliphatic carbocycles. The van der Waals surface area contributed by atoms with E-state index in [-0.39, 0.29) is 17.2 Å². The molecule has 178 valence electrons. The van der Waals surface area contributed by atoms with Gasteiger partial charge in [0.15, 0.2) is 5.58 Å². The van der Waals surface area contributed by atoms with Crippen molar-refractivity contribution in [1.29, 1.82) is 0 Å². The molecule has 1 saturated heterocycles. The summed E-state index contributed by atoms with van der Waals surface area (Å²) in [6.45, 7) is 7.69. The van der Waals surface area contributed by atoms with Crippen molar-refractivity contribution in [2.24, 2.45) is 0 Å². The molecule has 1 amide bonds. The molecule has 3 aromatic heterocycles. The minimum absolute atomic E-state index is 0.0832. The molecule has 0 unspecified atom stereocenters. The summed E-state index contributed by atoms with van der Waals surface area (Å²) in [6, 6.07) is 7.31. The Kier molecular flexibility index (Phi) is 6.09. The number of H-pyrrole nitrogens is 1. The SMILES string of the molecule is Cc1sc2nc(CN3CCN(C(=O)CCCn4c(=O)oc5ccccc54)CC3)[nH]c(=O)c2c1C. The van der Waals surface area contributed by atoms with E-state index in [0.29, 0.717) is 55.8 Å². The second-order valence-electron chi connectivity index (χ2n) is 8.72. The number of benzene rings is 1.